The number of likely N-dealkylation sites (tertiary alicyclic amines) is 1. The summed E-state index contributed by atoms with van der Waals surface area (Å²) in [7, 11) is 2.17. The monoisotopic (exact) mass is 125 g/mol. The van der Waals surface area contributed by atoms with Gasteiger partial charge < -0.3 is 0 Å². The van der Waals surface area contributed by atoms with E-state index in [2.05, 4.69) is 25.5 Å². The molecule has 0 aromatic rings. The van der Waals surface area contributed by atoms with E-state index in [0.717, 1.165) is 12.6 Å². The van der Waals surface area contributed by atoms with Gasteiger partial charge in [0.05, 0.1) is 0 Å². The number of hydrogen-bond donors (Lipinski definition) is 0. The summed E-state index contributed by atoms with van der Waals surface area (Å²) in [6.07, 6.45) is 2.47. The van der Waals surface area contributed by atoms with Crippen LogP contribution in [0.1, 0.15) is 19.8 Å². The largest absolute Gasteiger partial charge is 0.299 e. The highest BCUT2D eigenvalue weighted by Crippen LogP contribution is 2.20. The molecule has 1 aliphatic heterocycles. The number of nitrogens with zero attached hydrogens (tertiary/aromatic N) is 1. The molecule has 1 rings (SSSR count). The van der Waals surface area contributed by atoms with Gasteiger partial charge in [-0.1, -0.05) is 19.1 Å². The van der Waals surface area contributed by atoms with Crippen LogP contribution in [0.25, 0.3) is 0 Å². The van der Waals surface area contributed by atoms with Crippen molar-refractivity contribution in [3.63, 3.8) is 0 Å². The molecule has 0 saturated carbocycles. The average molecular weight is 125 g/mol. The highest BCUT2D eigenvalue weighted by molar-refractivity contribution is 5.06. The van der Waals surface area contributed by atoms with E-state index in [1.54, 1.807) is 0 Å². The summed E-state index contributed by atoms with van der Waals surface area (Å²) in [4.78, 5) is 2.38. The second kappa shape index (κ2) is 2.53. The Bertz CT molecular complexity index is 118. The molecule has 9 heavy (non-hydrogen) atoms. The van der Waals surface area contributed by atoms with Crippen LogP contribution in [0.4, 0.5) is 0 Å². The van der Waals surface area contributed by atoms with E-state index < -0.39 is 0 Å². The first-order chi connectivity index (χ1) is 4.24. The Morgan fingerprint density at radius 1 is 1.78 bits per heavy atom. The van der Waals surface area contributed by atoms with Gasteiger partial charge in [-0.25, -0.2) is 0 Å². The Balaban J connectivity index is 2.47. The van der Waals surface area contributed by atoms with Gasteiger partial charge in [0.25, 0.3) is 0 Å². The van der Waals surface area contributed by atoms with Crippen molar-refractivity contribution in [2.24, 2.45) is 0 Å². The zero-order chi connectivity index (χ0) is 6.85. The van der Waals surface area contributed by atoms with Gasteiger partial charge in [-0.3, -0.25) is 4.90 Å². The second-order valence-electron chi connectivity index (χ2n) is 2.93. The van der Waals surface area contributed by atoms with Crippen LogP contribution in [0.15, 0.2) is 12.2 Å². The lowest BCUT2D eigenvalue weighted by Gasteiger charge is -2.15. The van der Waals surface area contributed by atoms with E-state index in [9.17, 15) is 0 Å². The summed E-state index contributed by atoms with van der Waals surface area (Å²) in [5, 5.41) is 0. The molecule has 0 radical (unpaired) electrons. The van der Waals surface area contributed by atoms with Crippen LogP contribution >= 0.6 is 0 Å². The van der Waals surface area contributed by atoms with E-state index in [1.807, 2.05) is 0 Å². The highest BCUT2D eigenvalue weighted by Gasteiger charge is 2.20. The molecule has 0 spiro atoms. The molecule has 1 saturated heterocycles. The van der Waals surface area contributed by atoms with Gasteiger partial charge in [-0.2, -0.15) is 0 Å². The maximum absolute atomic E-state index is 3.96. The van der Waals surface area contributed by atoms with Gasteiger partial charge in [0, 0.05) is 12.6 Å². The average Bonchev–Trinajstić information content (AvgIpc) is 2.10. The molecule has 1 heterocycles. The lowest BCUT2D eigenvalue weighted by Crippen LogP contribution is -2.23. The van der Waals surface area contributed by atoms with Gasteiger partial charge in [0.15, 0.2) is 0 Å². The zero-order valence-corrected chi connectivity index (χ0v) is 6.35. The first-order valence-corrected chi connectivity index (χ1v) is 3.61. The molecule has 0 aliphatic carbocycles. The molecule has 0 amide bonds. The van der Waals surface area contributed by atoms with Gasteiger partial charge in [0.2, 0.25) is 0 Å². The maximum Gasteiger partial charge on any atom is 0.0190 e. The summed E-state index contributed by atoms with van der Waals surface area (Å²) in [5.41, 5.74) is 1.39. The first-order valence-electron chi connectivity index (χ1n) is 3.61. The van der Waals surface area contributed by atoms with Crippen LogP contribution in [0, 0.1) is 0 Å². The SMILES string of the molecule is C=C1CC(CC)N(C)C1. The Morgan fingerprint density at radius 3 is 2.67 bits per heavy atom. The van der Waals surface area contributed by atoms with Crippen molar-refractivity contribution in [1.29, 1.82) is 0 Å². The third-order valence-corrected chi connectivity index (χ3v) is 2.09. The molecular weight excluding hydrogens is 110 g/mol. The molecule has 0 aromatic carbocycles. The first kappa shape index (κ1) is 6.81. The van der Waals surface area contributed by atoms with Crippen molar-refractivity contribution < 1.29 is 0 Å². The number of hydrogen-bond acceptors (Lipinski definition) is 1. The van der Waals surface area contributed by atoms with E-state index in [1.165, 1.54) is 18.4 Å². The van der Waals surface area contributed by atoms with Crippen molar-refractivity contribution in [2.75, 3.05) is 13.6 Å². The van der Waals surface area contributed by atoms with Gasteiger partial charge in [-0.05, 0) is 19.9 Å². The predicted octanol–water partition coefficient (Wildman–Crippen LogP) is 1.66. The molecule has 0 bridgehead atoms. The molecule has 1 atom stereocenters. The molecule has 1 aliphatic rings. The van der Waals surface area contributed by atoms with Crippen molar-refractivity contribution in [3.8, 4) is 0 Å². The summed E-state index contributed by atoms with van der Waals surface area (Å²) >= 11 is 0. The zero-order valence-electron chi connectivity index (χ0n) is 6.35. The van der Waals surface area contributed by atoms with Crippen LogP contribution in [0.2, 0.25) is 0 Å². The van der Waals surface area contributed by atoms with Crippen molar-refractivity contribution in [2.45, 2.75) is 25.8 Å². The Morgan fingerprint density at radius 2 is 2.44 bits per heavy atom. The minimum absolute atomic E-state index is 0.775. The second-order valence-corrected chi connectivity index (χ2v) is 2.93. The minimum atomic E-state index is 0.775. The number of rotatable bonds is 1. The van der Waals surface area contributed by atoms with E-state index in [4.69, 9.17) is 0 Å². The Hall–Kier alpha value is -0.300. The normalized spacial score (nSPS) is 29.6. The molecule has 52 valence electrons. The number of likely N-dealkylation sites (N-methyl/N-ethyl adjacent to an activating group) is 1. The van der Waals surface area contributed by atoms with Crippen LogP contribution in [-0.4, -0.2) is 24.5 Å². The molecule has 0 aromatic heterocycles. The fraction of sp³-hybridized carbons (Fsp3) is 0.750. The van der Waals surface area contributed by atoms with Crippen LogP contribution < -0.4 is 0 Å². The van der Waals surface area contributed by atoms with Crippen LogP contribution in [0.5, 0.6) is 0 Å². The van der Waals surface area contributed by atoms with Gasteiger partial charge in [-0.15, -0.1) is 0 Å². The van der Waals surface area contributed by atoms with Gasteiger partial charge >= 0.3 is 0 Å². The Labute approximate surface area is 57.4 Å². The third-order valence-electron chi connectivity index (χ3n) is 2.09. The third kappa shape index (κ3) is 1.33. The molecule has 1 nitrogen and oxygen atoms in total. The van der Waals surface area contributed by atoms with Crippen LogP contribution in [-0.2, 0) is 0 Å². The summed E-state index contributed by atoms with van der Waals surface area (Å²) in [6.45, 7) is 7.31. The molecule has 1 heteroatoms. The molecule has 1 fully saturated rings. The van der Waals surface area contributed by atoms with E-state index in [0.29, 0.717) is 0 Å². The molecule has 1 unspecified atom stereocenters. The standard InChI is InChI=1S/C8H15N/c1-4-8-5-7(2)6-9(8)3/h8H,2,4-6H2,1,3H3. The fourth-order valence-corrected chi connectivity index (χ4v) is 1.49. The summed E-state index contributed by atoms with van der Waals surface area (Å²) in [6, 6.07) is 0.775. The quantitative estimate of drug-likeness (QED) is 0.482. The topological polar surface area (TPSA) is 3.24 Å². The lowest BCUT2D eigenvalue weighted by atomic mass is 10.1. The van der Waals surface area contributed by atoms with Crippen molar-refractivity contribution in [3.05, 3.63) is 12.2 Å². The summed E-state index contributed by atoms with van der Waals surface area (Å²) < 4.78 is 0. The Kier molecular flexibility index (Phi) is 1.91. The predicted molar refractivity (Wildman–Crippen MR) is 40.5 cm³/mol. The highest BCUT2D eigenvalue weighted by atomic mass is 15.1. The fourth-order valence-electron chi connectivity index (χ4n) is 1.49. The smallest absolute Gasteiger partial charge is 0.0190 e. The van der Waals surface area contributed by atoms with E-state index >= 15 is 0 Å². The van der Waals surface area contributed by atoms with E-state index in [-0.39, 0.29) is 0 Å². The maximum atomic E-state index is 3.96. The molecule has 0 N–H and O–H groups in total. The van der Waals surface area contributed by atoms with Crippen molar-refractivity contribution >= 4 is 0 Å². The van der Waals surface area contributed by atoms with Crippen LogP contribution in [0.3, 0.4) is 0 Å². The molecular formula is C8H15N. The van der Waals surface area contributed by atoms with Gasteiger partial charge in [0.1, 0.15) is 0 Å². The van der Waals surface area contributed by atoms with Crippen molar-refractivity contribution in [1.82, 2.24) is 4.90 Å². The lowest BCUT2D eigenvalue weighted by molar-refractivity contribution is 0.305. The minimum Gasteiger partial charge on any atom is -0.299 e. The summed E-state index contributed by atoms with van der Waals surface area (Å²) in [5.74, 6) is 0.